The van der Waals surface area contributed by atoms with E-state index in [1.807, 2.05) is 67.7 Å². The molecular formula is C25H23N3O4S2. The summed E-state index contributed by atoms with van der Waals surface area (Å²) in [5.41, 5.74) is 3.29. The van der Waals surface area contributed by atoms with Crippen LogP contribution in [-0.2, 0) is 9.59 Å². The van der Waals surface area contributed by atoms with Crippen molar-refractivity contribution >= 4 is 46.3 Å². The number of thioether (sulfide) groups is 1. The molecule has 2 aromatic carbocycles. The predicted molar refractivity (Wildman–Crippen MR) is 137 cm³/mol. The van der Waals surface area contributed by atoms with E-state index < -0.39 is 5.97 Å². The monoisotopic (exact) mass is 493 g/mol. The SMILES string of the molecule is CCOc1ccc(-c2nn(-c3ccccc3)cc2/C=C2\SC(=S)N(CCCC(=O)O)C2=O)cc1. The number of para-hydroxylation sites is 1. The molecule has 2 heterocycles. The van der Waals surface area contributed by atoms with Crippen molar-refractivity contribution in [2.75, 3.05) is 13.2 Å². The number of aliphatic carboxylic acids is 1. The standard InChI is InChI=1S/C25H23N3O4S2/c1-2-32-20-12-10-17(11-13-20)23-18(16-28(26-23)19-7-4-3-5-8-19)15-21-24(31)27(25(33)34-21)14-6-9-22(29)30/h3-5,7-8,10-13,15-16H,2,6,9,14H2,1H3,(H,29,30)/b21-15-. The lowest BCUT2D eigenvalue weighted by Crippen LogP contribution is -2.29. The van der Waals surface area contributed by atoms with Gasteiger partial charge in [0.1, 0.15) is 10.1 Å². The number of hydrogen-bond donors (Lipinski definition) is 1. The number of benzene rings is 2. The molecule has 1 saturated heterocycles. The Morgan fingerprint density at radius 1 is 1.18 bits per heavy atom. The fourth-order valence-corrected chi connectivity index (χ4v) is 4.83. The van der Waals surface area contributed by atoms with Crippen LogP contribution in [0.1, 0.15) is 25.3 Å². The molecule has 0 radical (unpaired) electrons. The number of thiocarbonyl (C=S) groups is 1. The molecule has 0 atom stereocenters. The lowest BCUT2D eigenvalue weighted by atomic mass is 10.1. The van der Waals surface area contributed by atoms with E-state index in [0.29, 0.717) is 22.3 Å². The van der Waals surface area contributed by atoms with Gasteiger partial charge in [0.15, 0.2) is 0 Å². The first kappa shape index (κ1) is 23.7. The summed E-state index contributed by atoms with van der Waals surface area (Å²) in [5.74, 6) is -0.336. The van der Waals surface area contributed by atoms with E-state index in [1.165, 1.54) is 16.7 Å². The van der Waals surface area contributed by atoms with Crippen LogP contribution in [0.2, 0.25) is 0 Å². The van der Waals surface area contributed by atoms with Crippen molar-refractivity contribution in [2.45, 2.75) is 19.8 Å². The van der Waals surface area contributed by atoms with Crippen molar-refractivity contribution in [3.8, 4) is 22.7 Å². The highest BCUT2D eigenvalue weighted by Gasteiger charge is 2.32. The number of hydrogen-bond acceptors (Lipinski definition) is 6. The molecule has 3 aromatic rings. The van der Waals surface area contributed by atoms with Crippen molar-refractivity contribution in [1.82, 2.24) is 14.7 Å². The third-order valence-corrected chi connectivity index (χ3v) is 6.51. The minimum atomic E-state index is -0.894. The minimum absolute atomic E-state index is 0.0121. The van der Waals surface area contributed by atoms with Crippen LogP contribution in [0.5, 0.6) is 5.75 Å². The van der Waals surface area contributed by atoms with Gasteiger partial charge < -0.3 is 9.84 Å². The van der Waals surface area contributed by atoms with E-state index in [0.717, 1.165) is 28.3 Å². The molecule has 174 valence electrons. The summed E-state index contributed by atoms with van der Waals surface area (Å²) >= 11 is 6.60. The third-order valence-electron chi connectivity index (χ3n) is 5.13. The molecule has 9 heteroatoms. The van der Waals surface area contributed by atoms with Crippen LogP contribution in [0, 0.1) is 0 Å². The van der Waals surface area contributed by atoms with Crippen LogP contribution >= 0.6 is 24.0 Å². The summed E-state index contributed by atoms with van der Waals surface area (Å²) in [6.45, 7) is 2.80. The number of carbonyl (C=O) groups excluding carboxylic acids is 1. The lowest BCUT2D eigenvalue weighted by Gasteiger charge is -2.13. The molecule has 1 aliphatic heterocycles. The van der Waals surface area contributed by atoms with Gasteiger partial charge in [-0.05, 0) is 55.8 Å². The molecule has 0 unspecified atom stereocenters. The van der Waals surface area contributed by atoms with Crippen LogP contribution < -0.4 is 4.74 Å². The van der Waals surface area contributed by atoms with E-state index in [2.05, 4.69) is 0 Å². The summed E-state index contributed by atoms with van der Waals surface area (Å²) in [5, 5.41) is 13.7. The second-order valence-corrected chi connectivity index (χ2v) is 9.18. The Morgan fingerprint density at radius 3 is 2.59 bits per heavy atom. The Kier molecular flexibility index (Phi) is 7.44. The van der Waals surface area contributed by atoms with E-state index >= 15 is 0 Å². The van der Waals surface area contributed by atoms with E-state index in [1.54, 1.807) is 10.8 Å². The van der Waals surface area contributed by atoms with Crippen molar-refractivity contribution in [1.29, 1.82) is 0 Å². The number of rotatable bonds is 9. The van der Waals surface area contributed by atoms with E-state index in [4.69, 9.17) is 27.2 Å². The van der Waals surface area contributed by atoms with Crippen molar-refractivity contribution in [3.05, 3.63) is 71.3 Å². The summed E-state index contributed by atoms with van der Waals surface area (Å²) in [7, 11) is 0. The predicted octanol–water partition coefficient (Wildman–Crippen LogP) is 5.00. The molecule has 1 aliphatic rings. The first-order chi connectivity index (χ1) is 16.5. The van der Waals surface area contributed by atoms with Crippen LogP contribution in [0.15, 0.2) is 65.7 Å². The number of aromatic nitrogens is 2. The highest BCUT2D eigenvalue weighted by atomic mass is 32.2. The molecule has 34 heavy (non-hydrogen) atoms. The fraction of sp³-hybridized carbons (Fsp3) is 0.200. The Hall–Kier alpha value is -3.43. The molecule has 1 aromatic heterocycles. The number of carboxylic acid groups (broad SMARTS) is 1. The van der Waals surface area contributed by atoms with Gasteiger partial charge in [0, 0.05) is 30.3 Å². The zero-order valence-electron chi connectivity index (χ0n) is 18.5. The number of nitrogens with zero attached hydrogens (tertiary/aromatic N) is 3. The van der Waals surface area contributed by atoms with Gasteiger partial charge in [0.05, 0.1) is 22.9 Å². The third kappa shape index (κ3) is 5.37. The molecule has 0 spiro atoms. The van der Waals surface area contributed by atoms with Crippen LogP contribution in [0.3, 0.4) is 0 Å². The molecule has 7 nitrogen and oxygen atoms in total. The van der Waals surface area contributed by atoms with Gasteiger partial charge in [-0.15, -0.1) is 0 Å². The molecule has 0 aliphatic carbocycles. The van der Waals surface area contributed by atoms with Crippen molar-refractivity contribution in [3.63, 3.8) is 0 Å². The smallest absolute Gasteiger partial charge is 0.303 e. The van der Waals surface area contributed by atoms with Crippen molar-refractivity contribution in [2.24, 2.45) is 0 Å². The largest absolute Gasteiger partial charge is 0.494 e. The minimum Gasteiger partial charge on any atom is -0.494 e. The van der Waals surface area contributed by atoms with Crippen molar-refractivity contribution < 1.29 is 19.4 Å². The molecule has 1 amide bonds. The Labute approximate surface area is 207 Å². The van der Waals surface area contributed by atoms with Gasteiger partial charge in [0.2, 0.25) is 0 Å². The number of ether oxygens (including phenoxy) is 1. The van der Waals surface area contributed by atoms with Crippen LogP contribution in [0.4, 0.5) is 0 Å². The van der Waals surface area contributed by atoms with Gasteiger partial charge in [-0.25, -0.2) is 4.68 Å². The maximum Gasteiger partial charge on any atom is 0.303 e. The van der Waals surface area contributed by atoms with Gasteiger partial charge >= 0.3 is 5.97 Å². The number of amides is 1. The summed E-state index contributed by atoms with van der Waals surface area (Å²) < 4.78 is 7.76. The quantitative estimate of drug-likeness (QED) is 0.332. The average Bonchev–Trinajstić information content (AvgIpc) is 3.36. The van der Waals surface area contributed by atoms with E-state index in [9.17, 15) is 9.59 Å². The Balaban J connectivity index is 1.68. The summed E-state index contributed by atoms with van der Waals surface area (Å²) in [6, 6.07) is 17.4. The topological polar surface area (TPSA) is 84.7 Å². The molecule has 4 rings (SSSR count). The fourth-order valence-electron chi connectivity index (χ4n) is 3.53. The number of carbonyl (C=O) groups is 2. The molecule has 0 saturated carbocycles. The normalized spacial score (nSPS) is 14.7. The highest BCUT2D eigenvalue weighted by molar-refractivity contribution is 8.26. The van der Waals surface area contributed by atoms with Crippen LogP contribution in [0.25, 0.3) is 23.0 Å². The maximum absolute atomic E-state index is 13.0. The average molecular weight is 494 g/mol. The van der Waals surface area contributed by atoms with Gasteiger partial charge in [-0.1, -0.05) is 42.2 Å². The molecular weight excluding hydrogens is 470 g/mol. The highest BCUT2D eigenvalue weighted by Crippen LogP contribution is 2.35. The van der Waals surface area contributed by atoms with E-state index in [-0.39, 0.29) is 18.9 Å². The molecule has 1 N–H and O–H groups in total. The lowest BCUT2D eigenvalue weighted by molar-refractivity contribution is -0.137. The zero-order chi connectivity index (χ0) is 24.1. The Bertz CT molecular complexity index is 1240. The van der Waals surface area contributed by atoms with Gasteiger partial charge in [-0.2, -0.15) is 5.10 Å². The maximum atomic E-state index is 13.0. The summed E-state index contributed by atoms with van der Waals surface area (Å²) in [4.78, 5) is 25.8. The first-order valence-corrected chi connectivity index (χ1v) is 12.0. The molecule has 0 bridgehead atoms. The second-order valence-electron chi connectivity index (χ2n) is 7.50. The summed E-state index contributed by atoms with van der Waals surface area (Å²) in [6.07, 6.45) is 4.02. The van der Waals surface area contributed by atoms with Gasteiger partial charge in [0.25, 0.3) is 5.91 Å². The van der Waals surface area contributed by atoms with Crippen LogP contribution in [-0.4, -0.2) is 49.1 Å². The first-order valence-electron chi connectivity index (χ1n) is 10.8. The second kappa shape index (κ2) is 10.7. The number of carboxylic acids is 1. The molecule has 1 fully saturated rings. The zero-order valence-corrected chi connectivity index (χ0v) is 20.1. The Morgan fingerprint density at radius 2 is 1.91 bits per heavy atom. The van der Waals surface area contributed by atoms with Gasteiger partial charge in [-0.3, -0.25) is 14.5 Å².